The van der Waals surface area contributed by atoms with Crippen LogP contribution in [0.5, 0.6) is 0 Å². The number of aliphatic hydroxyl groups is 1. The lowest BCUT2D eigenvalue weighted by Crippen LogP contribution is -2.51. The highest BCUT2D eigenvalue weighted by Crippen LogP contribution is 2.29. The van der Waals surface area contributed by atoms with E-state index < -0.39 is 0 Å². The molecular weight excluding hydrogens is 330 g/mol. The van der Waals surface area contributed by atoms with Crippen LogP contribution in [0, 0.1) is 6.92 Å². The van der Waals surface area contributed by atoms with Gasteiger partial charge in [0.1, 0.15) is 5.82 Å². The van der Waals surface area contributed by atoms with Crippen molar-refractivity contribution in [1.29, 1.82) is 0 Å². The molecule has 2 saturated heterocycles. The Hall–Kier alpha value is -2.25. The van der Waals surface area contributed by atoms with Crippen molar-refractivity contribution in [2.24, 2.45) is 0 Å². The number of hydrogen-bond acceptors (Lipinski definition) is 7. The predicted molar refractivity (Wildman–Crippen MR) is 99.5 cm³/mol. The van der Waals surface area contributed by atoms with E-state index in [1.54, 1.807) is 0 Å². The molecule has 2 aromatic rings. The summed E-state index contributed by atoms with van der Waals surface area (Å²) in [7, 11) is 2.03. The van der Waals surface area contributed by atoms with Crippen molar-refractivity contribution in [2.75, 3.05) is 43.2 Å². The van der Waals surface area contributed by atoms with Crippen molar-refractivity contribution >= 4 is 11.8 Å². The van der Waals surface area contributed by atoms with Crippen LogP contribution in [0.4, 0.5) is 11.8 Å². The van der Waals surface area contributed by atoms with Gasteiger partial charge in [-0.1, -0.05) is 6.07 Å². The van der Waals surface area contributed by atoms with E-state index in [0.717, 1.165) is 30.2 Å². The Morgan fingerprint density at radius 2 is 2.19 bits per heavy atom. The van der Waals surface area contributed by atoms with Gasteiger partial charge >= 0.3 is 0 Å². The van der Waals surface area contributed by atoms with Gasteiger partial charge in [0.15, 0.2) is 0 Å². The van der Waals surface area contributed by atoms with E-state index in [0.29, 0.717) is 38.1 Å². The molecule has 7 nitrogen and oxygen atoms in total. The van der Waals surface area contributed by atoms with Crippen LogP contribution in [0.3, 0.4) is 0 Å². The van der Waals surface area contributed by atoms with E-state index in [4.69, 9.17) is 14.7 Å². The molecule has 138 valence electrons. The standard InChI is InChI=1S/C19H25N5O2/c1-13-4-3-6-20-17(13)11-23(2)18-8-16(14-5-7-26-12-14)21-19(22-18)24-9-15(25)10-24/h3-4,6,8,14-15,25H,5,7,9-12H2,1-2H3/t14-/m0/s1. The van der Waals surface area contributed by atoms with Gasteiger partial charge < -0.3 is 19.6 Å². The molecule has 2 aromatic heterocycles. The van der Waals surface area contributed by atoms with E-state index >= 15 is 0 Å². The van der Waals surface area contributed by atoms with Gasteiger partial charge in [0.2, 0.25) is 5.95 Å². The summed E-state index contributed by atoms with van der Waals surface area (Å²) in [6.45, 7) is 5.43. The Labute approximate surface area is 153 Å². The molecule has 0 amide bonds. The second-order valence-corrected chi connectivity index (χ2v) is 7.19. The fraction of sp³-hybridized carbons (Fsp3) is 0.526. The largest absolute Gasteiger partial charge is 0.389 e. The number of hydrogen-bond donors (Lipinski definition) is 1. The van der Waals surface area contributed by atoms with Crippen molar-refractivity contribution < 1.29 is 9.84 Å². The lowest BCUT2D eigenvalue weighted by atomic mass is 10.0. The molecule has 4 heterocycles. The zero-order valence-corrected chi connectivity index (χ0v) is 15.3. The monoisotopic (exact) mass is 355 g/mol. The smallest absolute Gasteiger partial charge is 0.227 e. The topological polar surface area (TPSA) is 74.6 Å². The minimum Gasteiger partial charge on any atom is -0.389 e. The van der Waals surface area contributed by atoms with Crippen LogP contribution in [-0.2, 0) is 11.3 Å². The SMILES string of the molecule is Cc1cccnc1CN(C)c1cc([C@H]2CCOC2)nc(N2CC(O)C2)n1. The number of rotatable bonds is 5. The summed E-state index contributed by atoms with van der Waals surface area (Å²) in [6.07, 6.45) is 2.53. The van der Waals surface area contributed by atoms with Gasteiger partial charge in [-0.25, -0.2) is 4.98 Å². The lowest BCUT2D eigenvalue weighted by molar-refractivity contribution is 0.140. The first-order valence-corrected chi connectivity index (χ1v) is 9.11. The third-order valence-corrected chi connectivity index (χ3v) is 5.11. The third kappa shape index (κ3) is 3.50. The predicted octanol–water partition coefficient (Wildman–Crippen LogP) is 1.50. The number of anilines is 2. The van der Waals surface area contributed by atoms with E-state index in [1.807, 2.05) is 24.2 Å². The number of β-amino-alcohol motifs (C(OH)–C–C–N with tert-alkyl or cyclic N) is 1. The van der Waals surface area contributed by atoms with Gasteiger partial charge in [-0.3, -0.25) is 4.98 Å². The minimum atomic E-state index is -0.283. The van der Waals surface area contributed by atoms with E-state index in [9.17, 15) is 5.11 Å². The third-order valence-electron chi connectivity index (χ3n) is 5.11. The molecule has 0 spiro atoms. The molecule has 0 unspecified atom stereocenters. The highest BCUT2D eigenvalue weighted by Gasteiger charge is 2.29. The highest BCUT2D eigenvalue weighted by atomic mass is 16.5. The molecule has 2 aliphatic rings. The minimum absolute atomic E-state index is 0.283. The highest BCUT2D eigenvalue weighted by molar-refractivity contribution is 5.48. The van der Waals surface area contributed by atoms with Crippen LogP contribution in [-0.4, -0.2) is 59.5 Å². The molecule has 1 N–H and O–H groups in total. The molecule has 0 bridgehead atoms. The summed E-state index contributed by atoms with van der Waals surface area (Å²) >= 11 is 0. The molecule has 0 aliphatic carbocycles. The van der Waals surface area contributed by atoms with Crippen molar-refractivity contribution in [3.8, 4) is 0 Å². The number of ether oxygens (including phenoxy) is 1. The molecular formula is C19H25N5O2. The average molecular weight is 355 g/mol. The van der Waals surface area contributed by atoms with Crippen molar-refractivity contribution in [2.45, 2.75) is 31.9 Å². The number of aliphatic hydroxyl groups excluding tert-OH is 1. The summed E-state index contributed by atoms with van der Waals surface area (Å²) in [4.78, 5) is 18.1. The van der Waals surface area contributed by atoms with Gasteiger partial charge in [0, 0.05) is 44.9 Å². The van der Waals surface area contributed by atoms with Crippen LogP contribution in [0.15, 0.2) is 24.4 Å². The van der Waals surface area contributed by atoms with Crippen molar-refractivity contribution in [3.05, 3.63) is 41.3 Å². The summed E-state index contributed by atoms with van der Waals surface area (Å²) < 4.78 is 5.54. The van der Waals surface area contributed by atoms with Gasteiger partial charge in [0.05, 0.1) is 30.6 Å². The molecule has 2 fully saturated rings. The second kappa shape index (κ2) is 7.17. The fourth-order valence-electron chi connectivity index (χ4n) is 3.36. The Morgan fingerprint density at radius 1 is 1.35 bits per heavy atom. The van der Waals surface area contributed by atoms with Crippen molar-refractivity contribution in [1.82, 2.24) is 15.0 Å². The second-order valence-electron chi connectivity index (χ2n) is 7.19. The van der Waals surface area contributed by atoms with Crippen LogP contribution >= 0.6 is 0 Å². The quantitative estimate of drug-likeness (QED) is 0.871. The zero-order valence-electron chi connectivity index (χ0n) is 15.3. The molecule has 26 heavy (non-hydrogen) atoms. The van der Waals surface area contributed by atoms with Crippen LogP contribution < -0.4 is 9.80 Å². The first-order valence-electron chi connectivity index (χ1n) is 9.11. The number of pyridine rings is 1. The van der Waals surface area contributed by atoms with Crippen LogP contribution in [0.1, 0.15) is 29.3 Å². The maximum Gasteiger partial charge on any atom is 0.227 e. The first-order chi connectivity index (χ1) is 12.6. The first kappa shape index (κ1) is 17.2. The van der Waals surface area contributed by atoms with E-state index in [1.165, 1.54) is 5.56 Å². The molecule has 4 rings (SSSR count). The van der Waals surface area contributed by atoms with Crippen LogP contribution in [0.2, 0.25) is 0 Å². The summed E-state index contributed by atoms with van der Waals surface area (Å²) in [6, 6.07) is 6.09. The average Bonchev–Trinajstić information content (AvgIpc) is 3.15. The van der Waals surface area contributed by atoms with Gasteiger partial charge in [-0.2, -0.15) is 4.98 Å². The van der Waals surface area contributed by atoms with Gasteiger partial charge in [0.25, 0.3) is 0 Å². The number of nitrogens with zero attached hydrogens (tertiary/aromatic N) is 5. The molecule has 7 heteroatoms. The summed E-state index contributed by atoms with van der Waals surface area (Å²) in [5.74, 6) is 1.88. The Morgan fingerprint density at radius 3 is 2.88 bits per heavy atom. The molecule has 0 saturated carbocycles. The summed E-state index contributed by atoms with van der Waals surface area (Å²) in [5, 5.41) is 9.63. The van der Waals surface area contributed by atoms with E-state index in [-0.39, 0.29) is 6.10 Å². The van der Waals surface area contributed by atoms with Crippen molar-refractivity contribution in [3.63, 3.8) is 0 Å². The normalized spacial score (nSPS) is 20.3. The zero-order chi connectivity index (χ0) is 18.1. The Balaban J connectivity index is 1.62. The van der Waals surface area contributed by atoms with E-state index in [2.05, 4.69) is 28.9 Å². The number of aromatic nitrogens is 3. The molecule has 0 radical (unpaired) electrons. The molecule has 2 aliphatic heterocycles. The fourth-order valence-corrected chi connectivity index (χ4v) is 3.36. The number of aryl methyl sites for hydroxylation is 1. The van der Waals surface area contributed by atoms with Crippen LogP contribution in [0.25, 0.3) is 0 Å². The maximum atomic E-state index is 9.63. The molecule has 0 aromatic carbocycles. The molecule has 1 atom stereocenters. The Kier molecular flexibility index (Phi) is 4.74. The maximum absolute atomic E-state index is 9.63. The Bertz CT molecular complexity index is 772. The van der Waals surface area contributed by atoms with Gasteiger partial charge in [-0.15, -0.1) is 0 Å². The lowest BCUT2D eigenvalue weighted by Gasteiger charge is -2.36. The van der Waals surface area contributed by atoms with Gasteiger partial charge in [-0.05, 0) is 25.0 Å². The summed E-state index contributed by atoms with van der Waals surface area (Å²) in [5.41, 5.74) is 3.23.